The van der Waals surface area contributed by atoms with Crippen LogP contribution in [0.3, 0.4) is 0 Å². The van der Waals surface area contributed by atoms with E-state index in [9.17, 15) is 5.11 Å². The lowest BCUT2D eigenvalue weighted by atomic mass is 10.0. The van der Waals surface area contributed by atoms with Gasteiger partial charge in [-0.05, 0) is 13.0 Å². The normalized spacial score (nSPS) is 12.7. The molecule has 1 unspecified atom stereocenters. The summed E-state index contributed by atoms with van der Waals surface area (Å²) in [4.78, 5) is 0. The Morgan fingerprint density at radius 1 is 0.636 bits per heavy atom. The van der Waals surface area contributed by atoms with E-state index in [1.807, 2.05) is 0 Å². The fraction of sp³-hybridized carbons (Fsp3) is 1.00. The summed E-state index contributed by atoms with van der Waals surface area (Å²) in [5.74, 6) is 0. The van der Waals surface area contributed by atoms with E-state index < -0.39 is 0 Å². The highest BCUT2D eigenvalue weighted by atomic mass is 16.3. The first-order chi connectivity index (χ1) is 10.8. The number of unbranched alkanes of at least 4 members (excludes halogenated alkanes) is 13. The molecule has 134 valence electrons. The Kier molecular flexibility index (Phi) is 18.9. The third kappa shape index (κ3) is 16.3. The van der Waals surface area contributed by atoms with Crippen molar-refractivity contribution in [1.82, 2.24) is 5.32 Å². The van der Waals surface area contributed by atoms with E-state index in [1.165, 1.54) is 89.9 Å². The number of hydrogen-bond acceptors (Lipinski definition) is 2. The minimum Gasteiger partial charge on any atom is -0.395 e. The Morgan fingerprint density at radius 2 is 1.05 bits per heavy atom. The third-order valence-corrected chi connectivity index (χ3v) is 4.62. The summed E-state index contributed by atoms with van der Waals surface area (Å²) in [5.41, 5.74) is 0. The van der Waals surface area contributed by atoms with Crippen LogP contribution in [0.2, 0.25) is 0 Å². The highest BCUT2D eigenvalue weighted by Crippen LogP contribution is 2.13. The predicted octanol–water partition coefficient (Wildman–Crippen LogP) is 5.83. The minimum atomic E-state index is 0.284. The van der Waals surface area contributed by atoms with Crippen molar-refractivity contribution >= 4 is 0 Å². The van der Waals surface area contributed by atoms with E-state index in [2.05, 4.69) is 19.2 Å². The fourth-order valence-corrected chi connectivity index (χ4v) is 3.13. The number of likely N-dealkylation sites (N-methyl/N-ethyl adjacent to an activating group) is 1. The number of aliphatic hydroxyl groups is 1. The average Bonchev–Trinajstić information content (AvgIpc) is 2.54. The van der Waals surface area contributed by atoms with Gasteiger partial charge in [0.25, 0.3) is 0 Å². The van der Waals surface area contributed by atoms with Gasteiger partial charge in [-0.25, -0.2) is 0 Å². The molecule has 0 radical (unpaired) electrons. The molecule has 0 aromatic heterocycles. The lowest BCUT2D eigenvalue weighted by molar-refractivity contribution is 0.234. The molecule has 0 saturated heterocycles. The summed E-state index contributed by atoms with van der Waals surface area (Å²) in [7, 11) is 0. The minimum absolute atomic E-state index is 0.284. The maximum Gasteiger partial charge on any atom is 0.0584 e. The van der Waals surface area contributed by atoms with Crippen molar-refractivity contribution < 1.29 is 5.11 Å². The second-order valence-electron chi connectivity index (χ2n) is 6.82. The SMILES string of the molecule is CCCCCCCCCCCCCCCCC(CO)NCC. The maximum atomic E-state index is 9.20. The zero-order valence-corrected chi connectivity index (χ0v) is 15.5. The molecule has 0 saturated carbocycles. The van der Waals surface area contributed by atoms with Gasteiger partial charge in [0.2, 0.25) is 0 Å². The van der Waals surface area contributed by atoms with Crippen LogP contribution < -0.4 is 5.32 Å². The van der Waals surface area contributed by atoms with E-state index in [0.29, 0.717) is 6.04 Å². The van der Waals surface area contributed by atoms with Crippen molar-refractivity contribution in [1.29, 1.82) is 0 Å². The maximum absolute atomic E-state index is 9.20. The van der Waals surface area contributed by atoms with E-state index >= 15 is 0 Å². The first-order valence-corrected chi connectivity index (χ1v) is 10.2. The van der Waals surface area contributed by atoms with Crippen molar-refractivity contribution in [3.8, 4) is 0 Å². The van der Waals surface area contributed by atoms with Gasteiger partial charge in [-0.2, -0.15) is 0 Å². The molecule has 1 atom stereocenters. The quantitative estimate of drug-likeness (QED) is 0.312. The lowest BCUT2D eigenvalue weighted by Gasteiger charge is -2.14. The van der Waals surface area contributed by atoms with Crippen molar-refractivity contribution in [2.75, 3.05) is 13.2 Å². The van der Waals surface area contributed by atoms with Gasteiger partial charge in [0.1, 0.15) is 0 Å². The zero-order valence-electron chi connectivity index (χ0n) is 15.5. The molecule has 0 aliphatic rings. The molecule has 2 heteroatoms. The summed E-state index contributed by atoms with van der Waals surface area (Å²) in [5, 5.41) is 12.5. The topological polar surface area (TPSA) is 32.3 Å². The molecule has 0 amide bonds. The Balaban J connectivity index is 3.08. The molecule has 0 bridgehead atoms. The molecular weight excluding hydrogens is 270 g/mol. The number of aliphatic hydroxyl groups excluding tert-OH is 1. The summed E-state index contributed by atoms with van der Waals surface area (Å²) >= 11 is 0. The van der Waals surface area contributed by atoms with Gasteiger partial charge in [0, 0.05) is 6.04 Å². The van der Waals surface area contributed by atoms with Crippen molar-refractivity contribution in [2.24, 2.45) is 0 Å². The van der Waals surface area contributed by atoms with Crippen LogP contribution in [0.1, 0.15) is 110 Å². The van der Waals surface area contributed by atoms with Crippen LogP contribution in [-0.4, -0.2) is 24.3 Å². The molecule has 0 rings (SSSR count). The summed E-state index contributed by atoms with van der Waals surface area (Å²) in [6.07, 6.45) is 20.8. The summed E-state index contributed by atoms with van der Waals surface area (Å²) < 4.78 is 0. The third-order valence-electron chi connectivity index (χ3n) is 4.62. The molecule has 0 fully saturated rings. The fourth-order valence-electron chi connectivity index (χ4n) is 3.13. The lowest BCUT2D eigenvalue weighted by Crippen LogP contribution is -2.32. The zero-order chi connectivity index (χ0) is 16.3. The van der Waals surface area contributed by atoms with Gasteiger partial charge in [-0.15, -0.1) is 0 Å². The molecule has 0 spiro atoms. The van der Waals surface area contributed by atoms with E-state index in [4.69, 9.17) is 0 Å². The summed E-state index contributed by atoms with van der Waals surface area (Å²) in [6, 6.07) is 0.322. The largest absolute Gasteiger partial charge is 0.395 e. The second kappa shape index (κ2) is 19.0. The van der Waals surface area contributed by atoms with E-state index in [0.717, 1.165) is 13.0 Å². The Morgan fingerprint density at radius 3 is 1.41 bits per heavy atom. The molecule has 2 N–H and O–H groups in total. The van der Waals surface area contributed by atoms with Crippen LogP contribution in [0.15, 0.2) is 0 Å². The van der Waals surface area contributed by atoms with E-state index in [1.54, 1.807) is 0 Å². The molecule has 2 nitrogen and oxygen atoms in total. The molecule has 0 aliphatic heterocycles. The number of nitrogens with one attached hydrogen (secondary N) is 1. The van der Waals surface area contributed by atoms with Crippen LogP contribution >= 0.6 is 0 Å². The van der Waals surface area contributed by atoms with Crippen molar-refractivity contribution in [3.63, 3.8) is 0 Å². The molecule has 0 aromatic carbocycles. The highest BCUT2D eigenvalue weighted by molar-refractivity contribution is 4.64. The Labute approximate surface area is 140 Å². The number of hydrogen-bond donors (Lipinski definition) is 2. The summed E-state index contributed by atoms with van der Waals surface area (Å²) in [6.45, 7) is 5.64. The predicted molar refractivity (Wildman–Crippen MR) is 99.5 cm³/mol. The van der Waals surface area contributed by atoms with Gasteiger partial charge >= 0.3 is 0 Å². The van der Waals surface area contributed by atoms with Crippen LogP contribution in [0.25, 0.3) is 0 Å². The molecule has 22 heavy (non-hydrogen) atoms. The highest BCUT2D eigenvalue weighted by Gasteiger charge is 2.04. The van der Waals surface area contributed by atoms with Crippen LogP contribution in [0.5, 0.6) is 0 Å². The van der Waals surface area contributed by atoms with Gasteiger partial charge in [-0.3, -0.25) is 0 Å². The van der Waals surface area contributed by atoms with Crippen molar-refractivity contribution in [3.05, 3.63) is 0 Å². The first kappa shape index (κ1) is 21.9. The van der Waals surface area contributed by atoms with Crippen LogP contribution in [-0.2, 0) is 0 Å². The monoisotopic (exact) mass is 313 g/mol. The molecule has 0 aliphatic carbocycles. The van der Waals surface area contributed by atoms with Crippen molar-refractivity contribution in [2.45, 2.75) is 116 Å². The average molecular weight is 314 g/mol. The van der Waals surface area contributed by atoms with Gasteiger partial charge in [0.15, 0.2) is 0 Å². The molecule has 0 aromatic rings. The Bertz CT molecular complexity index is 196. The van der Waals surface area contributed by atoms with E-state index in [-0.39, 0.29) is 6.61 Å². The standard InChI is InChI=1S/C20H43NO/c1-3-5-6-7-8-9-10-11-12-13-14-15-16-17-18-20(19-22)21-4-2/h20-22H,3-19H2,1-2H3. The van der Waals surface area contributed by atoms with Crippen LogP contribution in [0.4, 0.5) is 0 Å². The second-order valence-corrected chi connectivity index (χ2v) is 6.82. The smallest absolute Gasteiger partial charge is 0.0584 e. The molecular formula is C20H43NO. The van der Waals surface area contributed by atoms with Crippen LogP contribution in [0, 0.1) is 0 Å². The van der Waals surface area contributed by atoms with Gasteiger partial charge in [0.05, 0.1) is 6.61 Å². The van der Waals surface area contributed by atoms with Gasteiger partial charge < -0.3 is 10.4 Å². The Hall–Kier alpha value is -0.0800. The number of rotatable bonds is 18. The first-order valence-electron chi connectivity index (χ1n) is 10.2. The molecule has 0 heterocycles. The van der Waals surface area contributed by atoms with Gasteiger partial charge in [-0.1, -0.05) is 104 Å².